The van der Waals surface area contributed by atoms with Crippen LogP contribution in [-0.4, -0.2) is 44.4 Å². The van der Waals surface area contributed by atoms with Gasteiger partial charge in [-0.3, -0.25) is 9.69 Å². The van der Waals surface area contributed by atoms with E-state index in [9.17, 15) is 54.4 Å². The minimum atomic E-state index is -4.84. The molecule has 0 aromatic heterocycles. The van der Waals surface area contributed by atoms with Crippen LogP contribution in [0.15, 0.2) is 102 Å². The van der Waals surface area contributed by atoms with Gasteiger partial charge in [0.05, 0.1) is 45.0 Å². The Bertz CT molecular complexity index is 1970. The average Bonchev–Trinajstić information content (AvgIpc) is 3.04. The van der Waals surface area contributed by atoms with Gasteiger partial charge in [-0.1, -0.05) is 30.9 Å². The lowest BCUT2D eigenvalue weighted by molar-refractivity contribution is -0.139. The summed E-state index contributed by atoms with van der Waals surface area (Å²) in [4.78, 5) is 41.7. The lowest BCUT2D eigenvalue weighted by Crippen LogP contribution is -2.54. The lowest BCUT2D eigenvalue weighted by Gasteiger charge is -2.42. The van der Waals surface area contributed by atoms with Crippen LogP contribution in [0.1, 0.15) is 35.2 Å². The minimum Gasteiger partial charge on any atom is -0.458 e. The topological polar surface area (TPSA) is 137 Å². The zero-order valence-corrected chi connectivity index (χ0v) is 26.0. The number of halogens is 6. The number of hydrogen-bond acceptors (Lipinski definition) is 7. The second kappa shape index (κ2) is 13.8. The molecule has 1 aliphatic rings. The molecule has 1 N–H and O–H groups in total. The molecule has 0 aliphatic carbocycles. The van der Waals surface area contributed by atoms with Crippen LogP contribution in [0.25, 0.3) is 0 Å². The van der Waals surface area contributed by atoms with Crippen LogP contribution in [-0.2, 0) is 36.7 Å². The van der Waals surface area contributed by atoms with Crippen LogP contribution in [0.5, 0.6) is 0 Å². The molecule has 4 rings (SSSR count). The maximum Gasteiger partial charge on any atom is 0.416 e. The lowest BCUT2D eigenvalue weighted by atomic mass is 9.92. The zero-order chi connectivity index (χ0) is 36.3. The highest BCUT2D eigenvalue weighted by molar-refractivity contribution is 7.90. The van der Waals surface area contributed by atoms with E-state index in [-0.39, 0.29) is 34.7 Å². The molecule has 3 aromatic carbocycles. The molecule has 17 heteroatoms. The van der Waals surface area contributed by atoms with E-state index in [4.69, 9.17) is 4.74 Å². The Kier molecular flexibility index (Phi) is 10.2. The summed E-state index contributed by atoms with van der Waals surface area (Å²) >= 11 is 0. The Morgan fingerprint density at radius 2 is 1.59 bits per heavy atom. The van der Waals surface area contributed by atoms with Crippen molar-refractivity contribution in [2.45, 2.75) is 30.2 Å². The fourth-order valence-electron chi connectivity index (χ4n) is 4.92. The van der Waals surface area contributed by atoms with Crippen molar-refractivity contribution in [1.29, 1.82) is 5.26 Å². The number of amides is 3. The van der Waals surface area contributed by atoms with Gasteiger partial charge in [0.2, 0.25) is 0 Å². The number of allylic oxidation sites excluding steroid dienone is 1. The summed E-state index contributed by atoms with van der Waals surface area (Å²) < 4.78 is 113. The van der Waals surface area contributed by atoms with Gasteiger partial charge in [-0.05, 0) is 67.1 Å². The number of hydrogen-bond donors (Lipinski definition) is 1. The molecule has 1 aliphatic heterocycles. The predicted molar refractivity (Wildman–Crippen MR) is 161 cm³/mol. The van der Waals surface area contributed by atoms with Gasteiger partial charge in [-0.2, -0.15) is 31.6 Å². The summed E-state index contributed by atoms with van der Waals surface area (Å²) in [6, 6.07) is 10.3. The fraction of sp³-hybridized carbons (Fsp3) is 0.188. The van der Waals surface area contributed by atoms with Gasteiger partial charge in [0, 0.05) is 5.70 Å². The van der Waals surface area contributed by atoms with Crippen molar-refractivity contribution in [3.05, 3.63) is 119 Å². The zero-order valence-electron chi connectivity index (χ0n) is 25.2. The van der Waals surface area contributed by atoms with Crippen molar-refractivity contribution < 1.29 is 53.9 Å². The molecular weight excluding hydrogens is 682 g/mol. The number of benzene rings is 3. The van der Waals surface area contributed by atoms with Crippen LogP contribution in [0.3, 0.4) is 0 Å². The quantitative estimate of drug-likeness (QED) is 0.162. The van der Waals surface area contributed by atoms with Gasteiger partial charge in [0.15, 0.2) is 0 Å². The van der Waals surface area contributed by atoms with E-state index in [1.54, 1.807) is 4.72 Å². The van der Waals surface area contributed by atoms with Crippen LogP contribution < -0.4 is 9.62 Å². The monoisotopic (exact) mass is 706 g/mol. The van der Waals surface area contributed by atoms with Crippen LogP contribution in [0.2, 0.25) is 0 Å². The molecule has 0 bridgehead atoms. The minimum absolute atomic E-state index is 0.124. The van der Waals surface area contributed by atoms with Crippen LogP contribution >= 0.6 is 0 Å². The number of carbonyl (C=O) groups excluding carboxylic acids is 3. The largest absolute Gasteiger partial charge is 0.458 e. The number of esters is 1. The maximum atomic E-state index is 14.2. The summed E-state index contributed by atoms with van der Waals surface area (Å²) in [5, 5.41) is 9.27. The molecule has 1 atom stereocenters. The third kappa shape index (κ3) is 7.92. The van der Waals surface area contributed by atoms with Crippen molar-refractivity contribution in [2.24, 2.45) is 0 Å². The molecule has 0 spiro atoms. The highest BCUT2D eigenvalue weighted by atomic mass is 32.2. The first-order chi connectivity index (χ1) is 22.9. The highest BCUT2D eigenvalue weighted by Crippen LogP contribution is 2.41. The molecule has 0 fully saturated rings. The third-order valence-electron chi connectivity index (χ3n) is 7.14. The maximum absolute atomic E-state index is 14.2. The first kappa shape index (κ1) is 36.2. The van der Waals surface area contributed by atoms with Crippen molar-refractivity contribution in [1.82, 2.24) is 9.62 Å². The third-order valence-corrected chi connectivity index (χ3v) is 8.53. The Morgan fingerprint density at radius 3 is 2.14 bits per heavy atom. The van der Waals surface area contributed by atoms with Gasteiger partial charge in [-0.25, -0.2) is 22.7 Å². The molecule has 49 heavy (non-hydrogen) atoms. The number of ether oxygens (including phenoxy) is 1. The molecule has 0 radical (unpaired) electrons. The summed E-state index contributed by atoms with van der Waals surface area (Å²) in [7, 11) is -4.82. The van der Waals surface area contributed by atoms with E-state index in [1.807, 2.05) is 6.07 Å². The number of carbonyl (C=O) groups is 3. The second-order valence-corrected chi connectivity index (χ2v) is 12.0. The molecular formula is C32H24F6N4O6S. The number of sulfonamides is 1. The number of nitriles is 1. The van der Waals surface area contributed by atoms with Crippen molar-refractivity contribution in [2.75, 3.05) is 18.1 Å². The highest BCUT2D eigenvalue weighted by Gasteiger charge is 2.44. The molecule has 1 heterocycles. The van der Waals surface area contributed by atoms with E-state index >= 15 is 0 Å². The number of urea groups is 1. The van der Waals surface area contributed by atoms with E-state index in [0.29, 0.717) is 35.2 Å². The molecule has 256 valence electrons. The number of nitrogens with zero attached hydrogens (tertiary/aromatic N) is 3. The van der Waals surface area contributed by atoms with Gasteiger partial charge < -0.3 is 9.64 Å². The van der Waals surface area contributed by atoms with Crippen molar-refractivity contribution in [3.63, 3.8) is 0 Å². The number of rotatable bonds is 9. The van der Waals surface area contributed by atoms with Crippen LogP contribution in [0, 0.1) is 11.3 Å². The SMILES string of the molecule is C=CCOC(=O)C1=C(C)N(c2cccc(C(F)(F)F)c2)C(=O)N(CC(=O)NS(=O)(=O)c2ccc(C(F)(F)F)cc2)C1c1ccc(C#N)cc1. The molecule has 0 saturated carbocycles. The first-order valence-corrected chi connectivity index (χ1v) is 15.4. The van der Waals surface area contributed by atoms with Crippen LogP contribution in [0.4, 0.5) is 36.8 Å². The Balaban J connectivity index is 1.84. The smallest absolute Gasteiger partial charge is 0.416 e. The molecule has 1 unspecified atom stereocenters. The molecule has 3 amide bonds. The second-order valence-electron chi connectivity index (χ2n) is 10.4. The predicted octanol–water partition coefficient (Wildman–Crippen LogP) is 6.09. The summed E-state index contributed by atoms with van der Waals surface area (Å²) in [6.07, 6.45) is -8.39. The Hall–Kier alpha value is -5.63. The Morgan fingerprint density at radius 1 is 0.980 bits per heavy atom. The van der Waals surface area contributed by atoms with Gasteiger partial charge >= 0.3 is 24.4 Å². The summed E-state index contributed by atoms with van der Waals surface area (Å²) in [5.74, 6) is -2.46. The molecule has 10 nitrogen and oxygen atoms in total. The average molecular weight is 707 g/mol. The van der Waals surface area contributed by atoms with E-state index < -0.39 is 68.9 Å². The first-order valence-electron chi connectivity index (χ1n) is 13.9. The van der Waals surface area contributed by atoms with Gasteiger partial charge in [0.1, 0.15) is 13.2 Å². The normalized spacial score (nSPS) is 15.5. The van der Waals surface area contributed by atoms with E-state index in [2.05, 4.69) is 6.58 Å². The number of nitrogens with one attached hydrogen (secondary N) is 1. The summed E-state index contributed by atoms with van der Waals surface area (Å²) in [5.41, 5.74) is -2.91. The molecule has 0 saturated heterocycles. The summed E-state index contributed by atoms with van der Waals surface area (Å²) in [6.45, 7) is 3.25. The fourth-order valence-corrected chi connectivity index (χ4v) is 5.89. The van der Waals surface area contributed by atoms with Crippen molar-refractivity contribution in [3.8, 4) is 6.07 Å². The van der Waals surface area contributed by atoms with E-state index in [1.165, 1.54) is 37.3 Å². The standard InChI is InChI=1S/C32H24F6N4O6S/c1-3-15-48-29(44)27-19(2)42(24-6-4-5-23(16-24)32(36,37)38)30(45)41(28(27)21-9-7-20(17-39)8-10-21)18-26(43)40-49(46,47)25-13-11-22(12-14-25)31(33,34)35/h3-14,16,28H,1,15,18H2,2H3,(H,40,43). The number of alkyl halides is 6. The molecule has 3 aromatic rings. The van der Waals surface area contributed by atoms with Gasteiger partial charge in [-0.15, -0.1) is 0 Å². The van der Waals surface area contributed by atoms with Crippen molar-refractivity contribution >= 4 is 33.6 Å². The number of anilines is 1. The van der Waals surface area contributed by atoms with E-state index in [0.717, 1.165) is 23.1 Å². The Labute approximate surface area is 275 Å². The van der Waals surface area contributed by atoms with Gasteiger partial charge in [0.25, 0.3) is 15.9 Å².